The molecule has 0 radical (unpaired) electrons. The van der Waals surface area contributed by atoms with Crippen molar-refractivity contribution in [1.29, 1.82) is 0 Å². The Morgan fingerprint density at radius 1 is 1.09 bits per heavy atom. The maximum absolute atomic E-state index is 12.8. The van der Waals surface area contributed by atoms with Gasteiger partial charge in [-0.3, -0.25) is 9.88 Å². The van der Waals surface area contributed by atoms with Crippen LogP contribution in [-0.2, 0) is 10.9 Å². The molecule has 1 amide bonds. The average Bonchev–Trinajstić information content (AvgIpc) is 3.30. The molecule has 2 saturated heterocycles. The third-order valence-electron chi connectivity index (χ3n) is 6.16. The van der Waals surface area contributed by atoms with E-state index in [1.807, 2.05) is 31.7 Å². The van der Waals surface area contributed by atoms with Crippen molar-refractivity contribution in [2.75, 3.05) is 18.0 Å². The first kappa shape index (κ1) is 22.4. The SMILES string of the molecule is CC(C)(C)OC(=O)N1C2CCC1CN(c1ncnc3[nH]c(-c4ccc(C(F)(F)F)nc4)cc13)C2. The summed E-state index contributed by atoms with van der Waals surface area (Å²) < 4.78 is 44.2. The van der Waals surface area contributed by atoms with Gasteiger partial charge in [-0.1, -0.05) is 0 Å². The van der Waals surface area contributed by atoms with Crippen LogP contribution in [0.2, 0.25) is 0 Å². The van der Waals surface area contributed by atoms with E-state index in [1.54, 1.807) is 0 Å². The number of hydrogen-bond donors (Lipinski definition) is 1. The summed E-state index contributed by atoms with van der Waals surface area (Å²) >= 11 is 0. The third-order valence-corrected chi connectivity index (χ3v) is 6.16. The van der Waals surface area contributed by atoms with Gasteiger partial charge in [0, 0.05) is 30.5 Å². The minimum absolute atomic E-state index is 0.0242. The molecule has 2 bridgehead atoms. The number of H-pyrrole nitrogens is 1. The highest BCUT2D eigenvalue weighted by atomic mass is 19.4. The molecule has 0 aliphatic carbocycles. The van der Waals surface area contributed by atoms with Crippen LogP contribution in [0.1, 0.15) is 39.3 Å². The highest BCUT2D eigenvalue weighted by Gasteiger charge is 2.45. The van der Waals surface area contributed by atoms with E-state index in [9.17, 15) is 18.0 Å². The molecular weight excluding hydrogens is 449 g/mol. The van der Waals surface area contributed by atoms with Gasteiger partial charge in [-0.15, -0.1) is 0 Å². The van der Waals surface area contributed by atoms with E-state index in [0.717, 1.165) is 30.1 Å². The lowest BCUT2D eigenvalue weighted by Gasteiger charge is -2.41. The Bertz CT molecular complexity index is 1200. The molecule has 3 aromatic heterocycles. The number of aromatic amines is 1. The second kappa shape index (κ2) is 7.85. The number of amides is 1. The Kier molecular flexibility index (Phi) is 5.18. The van der Waals surface area contributed by atoms with Gasteiger partial charge in [0.05, 0.1) is 17.5 Å². The highest BCUT2D eigenvalue weighted by Crippen LogP contribution is 2.36. The molecule has 8 nitrogen and oxygen atoms in total. The van der Waals surface area contributed by atoms with E-state index in [-0.39, 0.29) is 18.2 Å². The number of ether oxygens (including phenoxy) is 1. The molecule has 5 rings (SSSR count). The minimum Gasteiger partial charge on any atom is -0.444 e. The zero-order chi connectivity index (χ0) is 24.3. The number of rotatable bonds is 2. The van der Waals surface area contributed by atoms with Gasteiger partial charge in [0.2, 0.25) is 0 Å². The Morgan fingerprint density at radius 3 is 2.38 bits per heavy atom. The lowest BCUT2D eigenvalue weighted by molar-refractivity contribution is -0.141. The minimum atomic E-state index is -4.49. The van der Waals surface area contributed by atoms with Crippen LogP contribution >= 0.6 is 0 Å². The fraction of sp³-hybridized carbons (Fsp3) is 0.478. The summed E-state index contributed by atoms with van der Waals surface area (Å²) in [5.74, 6) is 0.730. The topological polar surface area (TPSA) is 87.2 Å². The number of carbonyl (C=O) groups excluding carboxylic acids is 1. The number of alkyl halides is 3. The maximum Gasteiger partial charge on any atom is 0.433 e. The van der Waals surface area contributed by atoms with Crippen molar-refractivity contribution in [3.8, 4) is 11.3 Å². The highest BCUT2D eigenvalue weighted by molar-refractivity contribution is 5.92. The predicted octanol–water partition coefficient (Wildman–Crippen LogP) is 4.63. The monoisotopic (exact) mass is 474 g/mol. The summed E-state index contributed by atoms with van der Waals surface area (Å²) in [6.45, 7) is 6.80. The normalized spacial score (nSPS) is 20.8. The van der Waals surface area contributed by atoms with Gasteiger partial charge in [0.25, 0.3) is 0 Å². The largest absolute Gasteiger partial charge is 0.444 e. The first-order valence-electron chi connectivity index (χ1n) is 11.1. The van der Waals surface area contributed by atoms with Crippen molar-refractivity contribution in [3.05, 3.63) is 36.4 Å². The Balaban J connectivity index is 1.40. The molecule has 2 fully saturated rings. The number of aromatic nitrogens is 4. The number of fused-ring (bicyclic) bond motifs is 3. The molecule has 0 saturated carbocycles. The standard InChI is InChI=1S/C23H25F3N6O2/c1-22(2,3)34-21(33)32-14-5-6-15(32)11-31(10-14)20-16-8-17(30-19(16)28-12-29-20)13-4-7-18(27-9-13)23(24,25)26/h4,7-9,12,14-15H,5-6,10-11H2,1-3H3,(H,28,29,30). The molecule has 2 unspecified atom stereocenters. The van der Waals surface area contributed by atoms with Crippen molar-refractivity contribution >= 4 is 22.9 Å². The number of carbonyl (C=O) groups is 1. The second-order valence-corrected chi connectivity index (χ2v) is 9.75. The van der Waals surface area contributed by atoms with Crippen LogP contribution in [0.3, 0.4) is 0 Å². The van der Waals surface area contributed by atoms with Crippen molar-refractivity contribution in [1.82, 2.24) is 24.8 Å². The van der Waals surface area contributed by atoms with Crippen LogP contribution in [0.15, 0.2) is 30.7 Å². The lowest BCUT2D eigenvalue weighted by Crippen LogP contribution is -2.57. The Hall–Kier alpha value is -3.37. The quantitative estimate of drug-likeness (QED) is 0.583. The van der Waals surface area contributed by atoms with E-state index in [2.05, 4.69) is 24.8 Å². The molecule has 11 heteroatoms. The smallest absolute Gasteiger partial charge is 0.433 e. The molecule has 34 heavy (non-hydrogen) atoms. The van der Waals surface area contributed by atoms with Gasteiger partial charge in [0.15, 0.2) is 0 Å². The van der Waals surface area contributed by atoms with Crippen LogP contribution in [0.5, 0.6) is 0 Å². The molecule has 2 atom stereocenters. The number of nitrogens with zero attached hydrogens (tertiary/aromatic N) is 5. The summed E-state index contributed by atoms with van der Waals surface area (Å²) in [5.41, 5.74) is 0.217. The van der Waals surface area contributed by atoms with Crippen LogP contribution in [0, 0.1) is 0 Å². The zero-order valence-electron chi connectivity index (χ0n) is 19.1. The Labute approximate surface area is 194 Å². The van der Waals surface area contributed by atoms with E-state index >= 15 is 0 Å². The molecule has 0 aromatic carbocycles. The number of piperazine rings is 1. The van der Waals surface area contributed by atoms with Crippen molar-refractivity contribution in [3.63, 3.8) is 0 Å². The Morgan fingerprint density at radius 2 is 1.79 bits per heavy atom. The predicted molar refractivity (Wildman–Crippen MR) is 119 cm³/mol. The number of anilines is 1. The van der Waals surface area contributed by atoms with Crippen LogP contribution in [0.4, 0.5) is 23.8 Å². The molecule has 0 spiro atoms. The molecule has 180 valence electrons. The first-order chi connectivity index (χ1) is 16.0. The zero-order valence-corrected chi connectivity index (χ0v) is 19.1. The molecular formula is C23H25F3N6O2. The van der Waals surface area contributed by atoms with E-state index in [4.69, 9.17) is 4.74 Å². The second-order valence-electron chi connectivity index (χ2n) is 9.75. The molecule has 2 aliphatic heterocycles. The molecule has 3 aromatic rings. The summed E-state index contributed by atoms with van der Waals surface area (Å²) in [4.78, 5) is 32.3. The fourth-order valence-corrected chi connectivity index (χ4v) is 4.74. The van der Waals surface area contributed by atoms with Crippen LogP contribution in [0.25, 0.3) is 22.3 Å². The van der Waals surface area contributed by atoms with Crippen molar-refractivity contribution < 1.29 is 22.7 Å². The van der Waals surface area contributed by atoms with Gasteiger partial charge in [-0.2, -0.15) is 13.2 Å². The van der Waals surface area contributed by atoms with Crippen molar-refractivity contribution in [2.45, 2.75) is 57.5 Å². The van der Waals surface area contributed by atoms with Crippen LogP contribution in [-0.4, -0.2) is 61.7 Å². The third kappa shape index (κ3) is 4.14. The van der Waals surface area contributed by atoms with Gasteiger partial charge in [-0.25, -0.2) is 14.8 Å². The summed E-state index contributed by atoms with van der Waals surface area (Å²) in [6, 6.07) is 4.22. The van der Waals surface area contributed by atoms with E-state index < -0.39 is 17.5 Å². The molecule has 5 heterocycles. The number of hydrogen-bond acceptors (Lipinski definition) is 6. The molecule has 2 aliphatic rings. The lowest BCUT2D eigenvalue weighted by atomic mass is 10.1. The first-order valence-corrected chi connectivity index (χ1v) is 11.1. The van der Waals surface area contributed by atoms with Crippen molar-refractivity contribution in [2.24, 2.45) is 0 Å². The average molecular weight is 474 g/mol. The van der Waals surface area contributed by atoms with Crippen LogP contribution < -0.4 is 4.90 Å². The van der Waals surface area contributed by atoms with Gasteiger partial charge in [-0.05, 0) is 51.8 Å². The van der Waals surface area contributed by atoms with Gasteiger partial charge < -0.3 is 14.6 Å². The fourth-order valence-electron chi connectivity index (χ4n) is 4.74. The molecule has 1 N–H and O–H groups in total. The number of nitrogens with one attached hydrogen (secondary N) is 1. The van der Waals surface area contributed by atoms with E-state index in [1.165, 1.54) is 18.6 Å². The van der Waals surface area contributed by atoms with E-state index in [0.29, 0.717) is 30.0 Å². The number of pyridine rings is 1. The summed E-state index contributed by atoms with van der Waals surface area (Å²) in [5, 5.41) is 0.766. The van der Waals surface area contributed by atoms with Gasteiger partial charge in [0.1, 0.15) is 29.1 Å². The maximum atomic E-state index is 12.8. The summed E-state index contributed by atoms with van der Waals surface area (Å²) in [6.07, 6.45) is -0.329. The van der Waals surface area contributed by atoms with Gasteiger partial charge >= 0.3 is 12.3 Å². The number of halogens is 3. The summed E-state index contributed by atoms with van der Waals surface area (Å²) in [7, 11) is 0.